The van der Waals surface area contributed by atoms with Gasteiger partial charge in [-0.1, -0.05) is 42.5 Å². The Labute approximate surface area is 170 Å². The van der Waals surface area contributed by atoms with E-state index in [-0.39, 0.29) is 12.1 Å². The molecule has 1 aliphatic heterocycles. The van der Waals surface area contributed by atoms with Crippen LogP contribution in [0.25, 0.3) is 10.8 Å². The number of amides is 2. The average Bonchev–Trinajstić information content (AvgIpc) is 3.20. The molecule has 0 bridgehead atoms. The molecule has 2 aromatic carbocycles. The first-order chi connectivity index (χ1) is 14.1. The molecule has 1 saturated heterocycles. The van der Waals surface area contributed by atoms with Crippen molar-refractivity contribution in [2.24, 2.45) is 0 Å². The maximum absolute atomic E-state index is 12.6. The molecular weight excluding hydrogens is 366 g/mol. The van der Waals surface area contributed by atoms with E-state index in [1.165, 1.54) is 5.39 Å². The lowest BCUT2D eigenvalue weighted by atomic mass is 10.0. The van der Waals surface area contributed by atoms with E-state index >= 15 is 0 Å². The lowest BCUT2D eigenvalue weighted by Gasteiger charge is -2.18. The molecule has 2 amide bonds. The first-order valence-electron chi connectivity index (χ1n) is 9.75. The van der Waals surface area contributed by atoms with Gasteiger partial charge in [0.25, 0.3) is 0 Å². The molecule has 29 heavy (non-hydrogen) atoms. The Bertz CT molecular complexity index is 1000. The number of nitrogens with one attached hydrogen (secondary N) is 1. The summed E-state index contributed by atoms with van der Waals surface area (Å²) in [4.78, 5) is 24.9. The first-order valence-corrected chi connectivity index (χ1v) is 9.75. The number of ether oxygens (including phenoxy) is 1. The predicted octanol–water partition coefficient (Wildman–Crippen LogP) is 3.06. The van der Waals surface area contributed by atoms with Crippen LogP contribution in [-0.4, -0.2) is 54.2 Å². The van der Waals surface area contributed by atoms with Gasteiger partial charge < -0.3 is 19.9 Å². The van der Waals surface area contributed by atoms with Crippen molar-refractivity contribution in [2.75, 3.05) is 32.1 Å². The number of anilines is 1. The summed E-state index contributed by atoms with van der Waals surface area (Å²) in [6, 6.07) is 14.3. The van der Waals surface area contributed by atoms with Crippen LogP contribution in [0.5, 0.6) is 5.88 Å². The minimum absolute atomic E-state index is 0.0721. The molecule has 1 unspecified atom stereocenters. The number of urea groups is 1. The summed E-state index contributed by atoms with van der Waals surface area (Å²) < 4.78 is 5.95. The van der Waals surface area contributed by atoms with Gasteiger partial charge in [0, 0.05) is 33.6 Å². The van der Waals surface area contributed by atoms with Crippen LogP contribution in [0.2, 0.25) is 0 Å². The van der Waals surface area contributed by atoms with Crippen molar-refractivity contribution in [3.63, 3.8) is 0 Å². The fourth-order valence-electron chi connectivity index (χ4n) is 3.52. The highest BCUT2D eigenvalue weighted by molar-refractivity contribution is 5.86. The average molecular weight is 391 g/mol. The van der Waals surface area contributed by atoms with Crippen molar-refractivity contribution in [1.29, 1.82) is 0 Å². The van der Waals surface area contributed by atoms with E-state index in [4.69, 9.17) is 4.74 Å². The van der Waals surface area contributed by atoms with Crippen LogP contribution in [0.4, 0.5) is 10.6 Å². The number of carbonyl (C=O) groups is 1. The standard InChI is InChI=1S/C22H25N5O2/c1-26(2)20-13-23-14-21(25-20)29-18-10-11-27(15-18)22(28)24-12-17-8-5-7-16-6-3-4-9-19(16)17/h3-9,13-14,18H,10-12,15H2,1-2H3,(H,24,28). The van der Waals surface area contributed by atoms with E-state index in [9.17, 15) is 4.79 Å². The molecule has 0 radical (unpaired) electrons. The molecular formula is C22H25N5O2. The van der Waals surface area contributed by atoms with E-state index in [0.717, 1.165) is 23.2 Å². The number of hydrogen-bond donors (Lipinski definition) is 1. The van der Waals surface area contributed by atoms with E-state index in [0.29, 0.717) is 25.5 Å². The van der Waals surface area contributed by atoms with Gasteiger partial charge in [-0.25, -0.2) is 4.79 Å². The zero-order valence-corrected chi connectivity index (χ0v) is 16.7. The molecule has 0 spiro atoms. The third-order valence-corrected chi connectivity index (χ3v) is 5.09. The fourth-order valence-corrected chi connectivity index (χ4v) is 3.52. The number of aromatic nitrogens is 2. The second kappa shape index (κ2) is 8.34. The Hall–Kier alpha value is -3.35. The number of nitrogens with zero attached hydrogens (tertiary/aromatic N) is 4. The summed E-state index contributed by atoms with van der Waals surface area (Å²) in [6.45, 7) is 1.70. The Morgan fingerprint density at radius 2 is 2.03 bits per heavy atom. The maximum atomic E-state index is 12.6. The van der Waals surface area contributed by atoms with E-state index in [2.05, 4.69) is 39.6 Å². The van der Waals surface area contributed by atoms with Crippen molar-refractivity contribution < 1.29 is 9.53 Å². The van der Waals surface area contributed by atoms with Gasteiger partial charge >= 0.3 is 6.03 Å². The van der Waals surface area contributed by atoms with Crippen molar-refractivity contribution in [3.05, 3.63) is 60.4 Å². The van der Waals surface area contributed by atoms with Gasteiger partial charge in [0.1, 0.15) is 6.10 Å². The molecule has 7 heteroatoms. The molecule has 1 aromatic heterocycles. The topological polar surface area (TPSA) is 70.6 Å². The SMILES string of the molecule is CN(C)c1cncc(OC2CCN(C(=O)NCc3cccc4ccccc34)C2)n1. The van der Waals surface area contributed by atoms with Crippen LogP contribution in [0.3, 0.4) is 0 Å². The van der Waals surface area contributed by atoms with Gasteiger partial charge in [0.15, 0.2) is 5.82 Å². The van der Waals surface area contributed by atoms with Gasteiger partial charge in [-0.3, -0.25) is 4.98 Å². The molecule has 1 N–H and O–H groups in total. The van der Waals surface area contributed by atoms with Crippen LogP contribution in [-0.2, 0) is 6.54 Å². The quantitative estimate of drug-likeness (QED) is 0.724. The minimum Gasteiger partial charge on any atom is -0.471 e. The van der Waals surface area contributed by atoms with Crippen LogP contribution in [0.1, 0.15) is 12.0 Å². The number of likely N-dealkylation sites (tertiary alicyclic amines) is 1. The number of rotatable bonds is 5. The molecule has 0 aliphatic carbocycles. The van der Waals surface area contributed by atoms with Gasteiger partial charge in [-0.05, 0) is 16.3 Å². The van der Waals surface area contributed by atoms with Crippen LogP contribution >= 0.6 is 0 Å². The lowest BCUT2D eigenvalue weighted by molar-refractivity contribution is 0.182. The van der Waals surface area contributed by atoms with Crippen LogP contribution in [0, 0.1) is 0 Å². The van der Waals surface area contributed by atoms with Gasteiger partial charge in [0.2, 0.25) is 5.88 Å². The molecule has 150 valence electrons. The maximum Gasteiger partial charge on any atom is 0.317 e. The molecule has 4 rings (SSSR count). The number of hydrogen-bond acceptors (Lipinski definition) is 5. The fraction of sp³-hybridized carbons (Fsp3) is 0.318. The third kappa shape index (κ3) is 4.39. The van der Waals surface area contributed by atoms with Gasteiger partial charge in [-0.2, -0.15) is 4.98 Å². The predicted molar refractivity (Wildman–Crippen MR) is 113 cm³/mol. The molecule has 1 aliphatic rings. The van der Waals surface area contributed by atoms with Crippen molar-refractivity contribution >= 4 is 22.6 Å². The highest BCUT2D eigenvalue weighted by atomic mass is 16.5. The second-order valence-electron chi connectivity index (χ2n) is 7.38. The van der Waals surface area contributed by atoms with E-state index in [1.807, 2.05) is 37.2 Å². The van der Waals surface area contributed by atoms with Crippen molar-refractivity contribution in [1.82, 2.24) is 20.2 Å². The Kier molecular flexibility index (Phi) is 5.46. The van der Waals surface area contributed by atoms with Crippen molar-refractivity contribution in [2.45, 2.75) is 19.1 Å². The molecule has 7 nitrogen and oxygen atoms in total. The van der Waals surface area contributed by atoms with E-state index in [1.54, 1.807) is 17.3 Å². The Balaban J connectivity index is 1.33. The normalized spacial score (nSPS) is 16.1. The van der Waals surface area contributed by atoms with Gasteiger partial charge in [0.05, 0.1) is 18.9 Å². The van der Waals surface area contributed by atoms with Crippen LogP contribution in [0.15, 0.2) is 54.9 Å². The summed E-state index contributed by atoms with van der Waals surface area (Å²) in [5.41, 5.74) is 1.11. The minimum atomic E-state index is -0.0787. The largest absolute Gasteiger partial charge is 0.471 e. The third-order valence-electron chi connectivity index (χ3n) is 5.09. The highest BCUT2D eigenvalue weighted by Crippen LogP contribution is 2.20. The van der Waals surface area contributed by atoms with Gasteiger partial charge in [-0.15, -0.1) is 0 Å². The zero-order valence-electron chi connectivity index (χ0n) is 16.7. The Morgan fingerprint density at radius 1 is 1.21 bits per heavy atom. The molecule has 1 fully saturated rings. The lowest BCUT2D eigenvalue weighted by Crippen LogP contribution is -2.39. The molecule has 1 atom stereocenters. The Morgan fingerprint density at radius 3 is 2.90 bits per heavy atom. The number of carbonyl (C=O) groups excluding carboxylic acids is 1. The highest BCUT2D eigenvalue weighted by Gasteiger charge is 2.28. The molecule has 0 saturated carbocycles. The van der Waals surface area contributed by atoms with Crippen LogP contribution < -0.4 is 15.0 Å². The van der Waals surface area contributed by atoms with Crippen molar-refractivity contribution in [3.8, 4) is 5.88 Å². The summed E-state index contributed by atoms with van der Waals surface area (Å²) in [5, 5.41) is 5.38. The number of fused-ring (bicyclic) bond motifs is 1. The molecule has 3 aromatic rings. The second-order valence-corrected chi connectivity index (χ2v) is 7.38. The summed E-state index contributed by atoms with van der Waals surface area (Å²) in [7, 11) is 3.82. The first kappa shape index (κ1) is 19.0. The zero-order chi connectivity index (χ0) is 20.2. The summed E-state index contributed by atoms with van der Waals surface area (Å²) in [5.74, 6) is 1.23. The summed E-state index contributed by atoms with van der Waals surface area (Å²) in [6.07, 6.45) is 3.99. The monoisotopic (exact) mass is 391 g/mol. The smallest absolute Gasteiger partial charge is 0.317 e. The summed E-state index contributed by atoms with van der Waals surface area (Å²) >= 11 is 0. The van der Waals surface area contributed by atoms with E-state index < -0.39 is 0 Å². The number of benzene rings is 2. The molecule has 2 heterocycles.